The number of hydrogen-bond donors (Lipinski definition) is 2. The van der Waals surface area contributed by atoms with Crippen molar-refractivity contribution >= 4 is 0 Å². The molecule has 18 heavy (non-hydrogen) atoms. The Kier molecular flexibility index (Phi) is 4.76. The Morgan fingerprint density at radius 1 is 1.22 bits per heavy atom. The maximum atomic E-state index is 12.8. The molecule has 1 rings (SSSR count). The monoisotopic (exact) mass is 261 g/mol. The first-order chi connectivity index (χ1) is 8.23. The van der Waals surface area contributed by atoms with Crippen LogP contribution in [0.25, 0.3) is 0 Å². The number of benzene rings is 1. The Hall–Kier alpha value is -1.07. The zero-order chi connectivity index (χ0) is 13.9. The Morgan fingerprint density at radius 2 is 1.78 bits per heavy atom. The summed E-state index contributed by atoms with van der Waals surface area (Å²) in [6, 6.07) is 4.08. The second-order valence-corrected chi connectivity index (χ2v) is 4.81. The number of hydrogen-bond acceptors (Lipinski definition) is 2. The first kappa shape index (κ1) is 15.0. The quantitative estimate of drug-likeness (QED) is 0.874. The second-order valence-electron chi connectivity index (χ2n) is 4.81. The van der Waals surface area contributed by atoms with Gasteiger partial charge in [-0.1, -0.05) is 32.0 Å². The molecule has 0 amide bonds. The molecule has 0 radical (unpaired) electrons. The minimum absolute atomic E-state index is 0.0573. The van der Waals surface area contributed by atoms with E-state index in [0.29, 0.717) is 6.42 Å². The molecule has 0 spiro atoms. The van der Waals surface area contributed by atoms with Gasteiger partial charge in [-0.05, 0) is 24.0 Å². The molecule has 3 N–H and O–H groups in total. The van der Waals surface area contributed by atoms with Crippen LogP contribution in [0.5, 0.6) is 0 Å². The molecule has 1 aromatic carbocycles. The summed E-state index contributed by atoms with van der Waals surface area (Å²) in [4.78, 5) is 0. The van der Waals surface area contributed by atoms with Gasteiger partial charge in [0, 0.05) is 0 Å². The minimum atomic E-state index is -4.45. The highest BCUT2D eigenvalue weighted by Crippen LogP contribution is 2.35. The van der Waals surface area contributed by atoms with Crippen LogP contribution in [0.4, 0.5) is 13.2 Å². The Balaban J connectivity index is 3.02. The van der Waals surface area contributed by atoms with Crippen LogP contribution in [0.1, 0.15) is 37.4 Å². The summed E-state index contributed by atoms with van der Waals surface area (Å²) in [7, 11) is 0. The van der Waals surface area contributed by atoms with Gasteiger partial charge in [0.05, 0.1) is 17.7 Å². The van der Waals surface area contributed by atoms with Gasteiger partial charge in [0.25, 0.3) is 0 Å². The number of aliphatic hydroxyl groups is 1. The van der Waals surface area contributed by atoms with E-state index in [1.807, 2.05) is 13.8 Å². The zero-order valence-corrected chi connectivity index (χ0v) is 10.4. The van der Waals surface area contributed by atoms with E-state index in [-0.39, 0.29) is 11.5 Å². The molecule has 0 aromatic heterocycles. The van der Waals surface area contributed by atoms with Crippen molar-refractivity contribution in [1.29, 1.82) is 0 Å². The SMILES string of the molecule is CC(C)C[C@@H](O)[C@@H](N)c1ccccc1C(F)(F)F. The highest BCUT2D eigenvalue weighted by atomic mass is 19.4. The molecule has 1 aromatic rings. The topological polar surface area (TPSA) is 46.2 Å². The summed E-state index contributed by atoms with van der Waals surface area (Å²) in [5, 5.41) is 9.84. The van der Waals surface area contributed by atoms with Crippen molar-refractivity contribution in [3.8, 4) is 0 Å². The lowest BCUT2D eigenvalue weighted by Crippen LogP contribution is -2.29. The first-order valence-electron chi connectivity index (χ1n) is 5.83. The maximum Gasteiger partial charge on any atom is 0.416 e. The van der Waals surface area contributed by atoms with Gasteiger partial charge in [0.15, 0.2) is 0 Å². The van der Waals surface area contributed by atoms with Crippen molar-refractivity contribution in [2.24, 2.45) is 11.7 Å². The van der Waals surface area contributed by atoms with Crippen molar-refractivity contribution in [1.82, 2.24) is 0 Å². The summed E-state index contributed by atoms with van der Waals surface area (Å²) >= 11 is 0. The van der Waals surface area contributed by atoms with Crippen LogP contribution in [-0.4, -0.2) is 11.2 Å². The smallest absolute Gasteiger partial charge is 0.391 e. The molecule has 0 bridgehead atoms. The fourth-order valence-electron chi connectivity index (χ4n) is 1.88. The molecule has 2 atom stereocenters. The average molecular weight is 261 g/mol. The van der Waals surface area contributed by atoms with E-state index < -0.39 is 23.9 Å². The summed E-state index contributed by atoms with van der Waals surface area (Å²) in [5.74, 6) is 0.170. The minimum Gasteiger partial charge on any atom is -0.391 e. The van der Waals surface area contributed by atoms with Gasteiger partial charge in [-0.15, -0.1) is 0 Å². The van der Waals surface area contributed by atoms with E-state index in [2.05, 4.69) is 0 Å². The third-order valence-electron chi connectivity index (χ3n) is 2.75. The van der Waals surface area contributed by atoms with Crippen LogP contribution in [0.15, 0.2) is 24.3 Å². The summed E-state index contributed by atoms with van der Waals surface area (Å²) in [5.41, 5.74) is 4.90. The largest absolute Gasteiger partial charge is 0.416 e. The Morgan fingerprint density at radius 3 is 2.28 bits per heavy atom. The lowest BCUT2D eigenvalue weighted by molar-refractivity contribution is -0.138. The summed E-state index contributed by atoms with van der Waals surface area (Å²) < 4.78 is 38.4. The second kappa shape index (κ2) is 5.71. The van der Waals surface area contributed by atoms with Crippen molar-refractivity contribution in [3.63, 3.8) is 0 Å². The number of rotatable bonds is 4. The normalized spacial score (nSPS) is 15.8. The first-order valence-corrected chi connectivity index (χ1v) is 5.83. The van der Waals surface area contributed by atoms with Gasteiger partial charge in [-0.3, -0.25) is 0 Å². The third kappa shape index (κ3) is 3.71. The fourth-order valence-corrected chi connectivity index (χ4v) is 1.88. The number of alkyl halides is 3. The molecule has 0 saturated heterocycles. The molecule has 5 heteroatoms. The van der Waals surface area contributed by atoms with Gasteiger partial charge in [0.2, 0.25) is 0 Å². The lowest BCUT2D eigenvalue weighted by atomic mass is 9.92. The van der Waals surface area contributed by atoms with E-state index in [1.54, 1.807) is 0 Å². The molecule has 0 aliphatic rings. The van der Waals surface area contributed by atoms with Gasteiger partial charge in [0.1, 0.15) is 0 Å². The lowest BCUT2D eigenvalue weighted by Gasteiger charge is -2.23. The molecular weight excluding hydrogens is 243 g/mol. The molecule has 0 unspecified atom stereocenters. The summed E-state index contributed by atoms with van der Waals surface area (Å²) in [6.07, 6.45) is -5.06. The third-order valence-corrected chi connectivity index (χ3v) is 2.75. The molecule has 0 heterocycles. The van der Waals surface area contributed by atoms with Gasteiger partial charge >= 0.3 is 6.18 Å². The number of halogens is 3. The van der Waals surface area contributed by atoms with Gasteiger partial charge in [-0.2, -0.15) is 13.2 Å². The van der Waals surface area contributed by atoms with Crippen LogP contribution in [0, 0.1) is 5.92 Å². The van der Waals surface area contributed by atoms with Crippen molar-refractivity contribution in [2.45, 2.75) is 38.6 Å². The van der Waals surface area contributed by atoms with Crippen LogP contribution >= 0.6 is 0 Å². The Labute approximate surface area is 105 Å². The molecule has 102 valence electrons. The molecule has 0 aliphatic heterocycles. The van der Waals surface area contributed by atoms with E-state index in [9.17, 15) is 18.3 Å². The highest BCUT2D eigenvalue weighted by Gasteiger charge is 2.35. The van der Waals surface area contributed by atoms with E-state index in [1.165, 1.54) is 18.2 Å². The van der Waals surface area contributed by atoms with Crippen molar-refractivity contribution < 1.29 is 18.3 Å². The van der Waals surface area contributed by atoms with Crippen LogP contribution in [0.2, 0.25) is 0 Å². The van der Waals surface area contributed by atoms with Crippen molar-refractivity contribution in [2.75, 3.05) is 0 Å². The number of aliphatic hydroxyl groups excluding tert-OH is 1. The van der Waals surface area contributed by atoms with Crippen molar-refractivity contribution in [3.05, 3.63) is 35.4 Å². The predicted octanol–water partition coefficient (Wildman–Crippen LogP) is 3.11. The van der Waals surface area contributed by atoms with E-state index >= 15 is 0 Å². The van der Waals surface area contributed by atoms with E-state index in [4.69, 9.17) is 5.73 Å². The predicted molar refractivity (Wildman–Crippen MR) is 63.8 cm³/mol. The average Bonchev–Trinajstić information content (AvgIpc) is 2.26. The fraction of sp³-hybridized carbons (Fsp3) is 0.538. The number of nitrogens with two attached hydrogens (primary N) is 1. The van der Waals surface area contributed by atoms with Gasteiger partial charge < -0.3 is 10.8 Å². The molecule has 2 nitrogen and oxygen atoms in total. The summed E-state index contributed by atoms with van der Waals surface area (Å²) in [6.45, 7) is 3.76. The zero-order valence-electron chi connectivity index (χ0n) is 10.4. The van der Waals surface area contributed by atoms with E-state index in [0.717, 1.165) is 6.07 Å². The van der Waals surface area contributed by atoms with Crippen LogP contribution in [-0.2, 0) is 6.18 Å². The highest BCUT2D eigenvalue weighted by molar-refractivity contribution is 5.32. The standard InChI is InChI=1S/C13H18F3NO/c1-8(2)7-11(18)12(17)9-5-3-4-6-10(9)13(14,15)16/h3-6,8,11-12,18H,7,17H2,1-2H3/t11-,12+/m1/s1. The molecular formula is C13H18F3NO. The van der Waals surface area contributed by atoms with Crippen LogP contribution < -0.4 is 5.73 Å². The maximum absolute atomic E-state index is 12.8. The molecule has 0 aliphatic carbocycles. The van der Waals surface area contributed by atoms with Crippen LogP contribution in [0.3, 0.4) is 0 Å². The molecule has 0 fully saturated rings. The Bertz CT molecular complexity index is 390. The molecule has 0 saturated carbocycles. The van der Waals surface area contributed by atoms with Gasteiger partial charge in [-0.25, -0.2) is 0 Å².